The van der Waals surface area contributed by atoms with Crippen LogP contribution in [0.5, 0.6) is 5.75 Å². The van der Waals surface area contributed by atoms with Crippen molar-refractivity contribution in [2.45, 2.75) is 13.5 Å². The molecule has 0 bridgehead atoms. The van der Waals surface area contributed by atoms with Crippen LogP contribution in [0.1, 0.15) is 22.1 Å². The molecule has 0 unspecified atom stereocenters. The van der Waals surface area contributed by atoms with Gasteiger partial charge >= 0.3 is 0 Å². The van der Waals surface area contributed by atoms with Crippen molar-refractivity contribution >= 4 is 22.8 Å². The van der Waals surface area contributed by atoms with E-state index in [2.05, 4.69) is 20.4 Å². The van der Waals surface area contributed by atoms with E-state index in [4.69, 9.17) is 9.26 Å². The Labute approximate surface area is 131 Å². The van der Waals surface area contributed by atoms with Gasteiger partial charge in [-0.2, -0.15) is 4.98 Å². The first kappa shape index (κ1) is 14.6. The van der Waals surface area contributed by atoms with E-state index in [1.54, 1.807) is 43.0 Å². The molecular formula is C14H14N4O3S. The van der Waals surface area contributed by atoms with Gasteiger partial charge < -0.3 is 14.6 Å². The topological polar surface area (TPSA) is 89.6 Å². The second-order valence-corrected chi connectivity index (χ2v) is 5.62. The van der Waals surface area contributed by atoms with Crippen LogP contribution in [0, 0.1) is 6.92 Å². The largest absolute Gasteiger partial charge is 0.485 e. The number of amidine groups is 1. The summed E-state index contributed by atoms with van der Waals surface area (Å²) in [5.41, 5.74) is 0.554. The molecule has 0 spiro atoms. The summed E-state index contributed by atoms with van der Waals surface area (Å²) in [7, 11) is 0. The fraction of sp³-hybridized carbons (Fsp3) is 0.286. The molecule has 1 aliphatic heterocycles. The Hall–Kier alpha value is -2.35. The minimum absolute atomic E-state index is 0.173. The fourth-order valence-corrected chi connectivity index (χ4v) is 2.55. The molecule has 7 nitrogen and oxygen atoms in total. The molecule has 1 N–H and O–H groups in total. The van der Waals surface area contributed by atoms with Gasteiger partial charge in [0.15, 0.2) is 11.8 Å². The van der Waals surface area contributed by atoms with Crippen LogP contribution in [0.3, 0.4) is 0 Å². The Balaban J connectivity index is 1.56. The highest BCUT2D eigenvalue weighted by Gasteiger charge is 2.12. The maximum Gasteiger partial charge on any atom is 0.257 e. The van der Waals surface area contributed by atoms with Crippen LogP contribution in [0.2, 0.25) is 0 Å². The molecule has 0 aliphatic carbocycles. The van der Waals surface area contributed by atoms with Crippen LogP contribution in [0.25, 0.3) is 0 Å². The molecule has 8 heteroatoms. The van der Waals surface area contributed by atoms with Crippen LogP contribution < -0.4 is 10.1 Å². The molecule has 1 aliphatic rings. The zero-order valence-corrected chi connectivity index (χ0v) is 12.7. The van der Waals surface area contributed by atoms with Gasteiger partial charge in [0.2, 0.25) is 11.7 Å². The standard InChI is InChI=1S/C14H14N4O3S/c1-9-16-12(18-21-9)8-20-11-4-2-10(3-5-11)13(19)17-14-15-6-7-22-14/h2-5H,6-8H2,1H3,(H,15,17,19). The number of aromatic nitrogens is 2. The van der Waals surface area contributed by atoms with Gasteiger partial charge in [-0.1, -0.05) is 16.9 Å². The number of rotatable bonds is 4. The number of amides is 1. The van der Waals surface area contributed by atoms with Crippen molar-refractivity contribution < 1.29 is 14.1 Å². The smallest absolute Gasteiger partial charge is 0.257 e. The van der Waals surface area contributed by atoms with Gasteiger partial charge in [0, 0.05) is 18.2 Å². The highest BCUT2D eigenvalue weighted by atomic mass is 32.2. The number of thioether (sulfide) groups is 1. The number of ether oxygens (including phenoxy) is 1. The van der Waals surface area contributed by atoms with E-state index in [9.17, 15) is 4.79 Å². The van der Waals surface area contributed by atoms with Crippen LogP contribution in [0.15, 0.2) is 33.8 Å². The van der Waals surface area contributed by atoms with E-state index < -0.39 is 0 Å². The quantitative estimate of drug-likeness (QED) is 0.924. The first-order chi connectivity index (χ1) is 10.7. The van der Waals surface area contributed by atoms with Gasteiger partial charge in [0.1, 0.15) is 5.75 Å². The van der Waals surface area contributed by atoms with Crippen LogP contribution in [0.4, 0.5) is 0 Å². The molecule has 1 amide bonds. The molecule has 114 valence electrons. The molecule has 2 aromatic rings. The van der Waals surface area contributed by atoms with Crippen molar-refractivity contribution in [1.82, 2.24) is 15.5 Å². The van der Waals surface area contributed by atoms with Gasteiger partial charge in [0.25, 0.3) is 5.91 Å². The number of aryl methyl sites for hydroxylation is 1. The van der Waals surface area contributed by atoms with Crippen molar-refractivity contribution in [2.24, 2.45) is 4.99 Å². The number of aliphatic imine (C=N–C) groups is 1. The Morgan fingerprint density at radius 1 is 1.41 bits per heavy atom. The molecule has 0 fully saturated rings. The summed E-state index contributed by atoms with van der Waals surface area (Å²) in [6, 6.07) is 6.86. The molecule has 2 heterocycles. The second-order valence-electron chi connectivity index (χ2n) is 4.53. The third-order valence-corrected chi connectivity index (χ3v) is 3.75. The summed E-state index contributed by atoms with van der Waals surface area (Å²) in [6.45, 7) is 2.69. The van der Waals surface area contributed by atoms with Crippen molar-refractivity contribution in [3.63, 3.8) is 0 Å². The number of hydrogen-bond acceptors (Lipinski definition) is 7. The lowest BCUT2D eigenvalue weighted by Gasteiger charge is -2.06. The average molecular weight is 318 g/mol. The summed E-state index contributed by atoms with van der Waals surface area (Å²) in [4.78, 5) is 20.2. The maximum absolute atomic E-state index is 12.0. The van der Waals surface area contributed by atoms with Crippen molar-refractivity contribution in [1.29, 1.82) is 0 Å². The molecular weight excluding hydrogens is 304 g/mol. The van der Waals surface area contributed by atoms with E-state index in [0.717, 1.165) is 12.3 Å². The molecule has 22 heavy (non-hydrogen) atoms. The predicted octanol–water partition coefficient (Wildman–Crippen LogP) is 1.79. The fourth-order valence-electron chi connectivity index (χ4n) is 1.83. The van der Waals surface area contributed by atoms with E-state index in [1.165, 1.54) is 0 Å². The van der Waals surface area contributed by atoms with Crippen molar-refractivity contribution in [3.8, 4) is 5.75 Å². The number of carbonyl (C=O) groups is 1. The van der Waals surface area contributed by atoms with E-state index in [-0.39, 0.29) is 12.5 Å². The van der Waals surface area contributed by atoms with Crippen LogP contribution in [-0.4, -0.2) is 33.5 Å². The Morgan fingerprint density at radius 2 is 2.23 bits per heavy atom. The Morgan fingerprint density at radius 3 is 2.86 bits per heavy atom. The Bertz CT molecular complexity index is 696. The molecule has 0 radical (unpaired) electrons. The zero-order valence-electron chi connectivity index (χ0n) is 11.9. The molecule has 0 atom stereocenters. The third kappa shape index (κ3) is 3.64. The average Bonchev–Trinajstić information content (AvgIpc) is 3.17. The SMILES string of the molecule is Cc1nc(COc2ccc(C(=O)NC3=NCCS3)cc2)no1. The van der Waals surface area contributed by atoms with Crippen LogP contribution in [-0.2, 0) is 6.61 Å². The van der Waals surface area contributed by atoms with E-state index in [0.29, 0.717) is 28.2 Å². The predicted molar refractivity (Wildman–Crippen MR) is 82.0 cm³/mol. The second kappa shape index (κ2) is 6.61. The lowest BCUT2D eigenvalue weighted by atomic mass is 10.2. The molecule has 1 aromatic carbocycles. The summed E-state index contributed by atoms with van der Waals surface area (Å²) < 4.78 is 10.4. The summed E-state index contributed by atoms with van der Waals surface area (Å²) in [6.07, 6.45) is 0. The summed E-state index contributed by atoms with van der Waals surface area (Å²) in [5, 5.41) is 7.20. The van der Waals surface area contributed by atoms with E-state index in [1.807, 2.05) is 0 Å². The number of carbonyl (C=O) groups excluding carboxylic acids is 1. The summed E-state index contributed by atoms with van der Waals surface area (Å²) >= 11 is 1.55. The number of hydrogen-bond donors (Lipinski definition) is 1. The lowest BCUT2D eigenvalue weighted by Crippen LogP contribution is -2.27. The van der Waals surface area contributed by atoms with Crippen molar-refractivity contribution in [2.75, 3.05) is 12.3 Å². The van der Waals surface area contributed by atoms with Gasteiger partial charge in [-0.05, 0) is 24.3 Å². The third-order valence-electron chi connectivity index (χ3n) is 2.86. The van der Waals surface area contributed by atoms with Gasteiger partial charge in [-0.15, -0.1) is 0 Å². The van der Waals surface area contributed by atoms with Gasteiger partial charge in [-0.25, -0.2) is 0 Å². The minimum atomic E-state index is -0.173. The molecule has 1 aromatic heterocycles. The highest BCUT2D eigenvalue weighted by Crippen LogP contribution is 2.15. The normalized spacial score (nSPS) is 13.8. The monoisotopic (exact) mass is 318 g/mol. The molecule has 0 saturated carbocycles. The van der Waals surface area contributed by atoms with Crippen LogP contribution >= 0.6 is 11.8 Å². The highest BCUT2D eigenvalue weighted by molar-refractivity contribution is 8.14. The maximum atomic E-state index is 12.0. The van der Waals surface area contributed by atoms with E-state index >= 15 is 0 Å². The number of benzene rings is 1. The van der Waals surface area contributed by atoms with Gasteiger partial charge in [0.05, 0.1) is 6.54 Å². The van der Waals surface area contributed by atoms with Crippen molar-refractivity contribution in [3.05, 3.63) is 41.5 Å². The zero-order chi connectivity index (χ0) is 15.4. The van der Waals surface area contributed by atoms with Gasteiger partial charge in [-0.3, -0.25) is 9.79 Å². The molecule has 0 saturated heterocycles. The molecule has 3 rings (SSSR count). The summed E-state index contributed by atoms with van der Waals surface area (Å²) in [5.74, 6) is 2.35. The first-order valence-electron chi connectivity index (χ1n) is 6.71. The first-order valence-corrected chi connectivity index (χ1v) is 7.70. The minimum Gasteiger partial charge on any atom is -0.485 e. The lowest BCUT2D eigenvalue weighted by molar-refractivity contribution is 0.0978. The Kier molecular flexibility index (Phi) is 4.38. The number of nitrogens with zero attached hydrogens (tertiary/aromatic N) is 3. The number of nitrogens with one attached hydrogen (secondary N) is 1.